The molecule has 6 heteroatoms. The summed E-state index contributed by atoms with van der Waals surface area (Å²) in [4.78, 5) is 0. The molecular weight excluding hydrogens is 259 g/mol. The molecule has 1 aromatic rings. The third-order valence-electron chi connectivity index (χ3n) is 3.05. The molecular formula is C13H16F3NO2. The number of halogens is 3. The average molecular weight is 275 g/mol. The zero-order valence-corrected chi connectivity index (χ0v) is 10.4. The van der Waals surface area contributed by atoms with E-state index < -0.39 is 19.6 Å². The molecule has 2 rings (SSSR count). The highest BCUT2D eigenvalue weighted by Crippen LogP contribution is 2.30. The number of nitrogens with two attached hydrogens (primary N) is 1. The minimum Gasteiger partial charge on any atom is -0.468 e. The lowest BCUT2D eigenvalue weighted by atomic mass is 9.88. The van der Waals surface area contributed by atoms with Crippen molar-refractivity contribution in [3.63, 3.8) is 0 Å². The Kier molecular flexibility index (Phi) is 4.31. The zero-order valence-electron chi connectivity index (χ0n) is 10.4. The fourth-order valence-corrected chi connectivity index (χ4v) is 2.17. The van der Waals surface area contributed by atoms with E-state index >= 15 is 0 Å². The third kappa shape index (κ3) is 4.11. The van der Waals surface area contributed by atoms with Crippen molar-refractivity contribution in [3.8, 4) is 5.75 Å². The highest BCUT2D eigenvalue weighted by Gasteiger charge is 2.27. The minimum absolute atomic E-state index is 0.0246. The molecule has 1 atom stereocenters. The quantitative estimate of drug-likeness (QED) is 0.678. The first-order chi connectivity index (χ1) is 8.96. The SMILES string of the molecule is NC1CCCc2ccc(OCOCC(F)(F)F)cc21. The van der Waals surface area contributed by atoms with Crippen molar-refractivity contribution < 1.29 is 22.6 Å². The normalized spacial score (nSPS) is 19.1. The molecule has 0 amide bonds. The van der Waals surface area contributed by atoms with E-state index in [2.05, 4.69) is 4.74 Å². The second-order valence-corrected chi connectivity index (χ2v) is 4.59. The van der Waals surface area contributed by atoms with Gasteiger partial charge in [0, 0.05) is 6.04 Å². The molecule has 3 nitrogen and oxygen atoms in total. The molecule has 0 aliphatic heterocycles. The van der Waals surface area contributed by atoms with Crippen LogP contribution in [0.2, 0.25) is 0 Å². The number of benzene rings is 1. The van der Waals surface area contributed by atoms with Gasteiger partial charge >= 0.3 is 6.18 Å². The van der Waals surface area contributed by atoms with Crippen molar-refractivity contribution >= 4 is 0 Å². The average Bonchev–Trinajstić information content (AvgIpc) is 2.34. The van der Waals surface area contributed by atoms with Crippen LogP contribution in [0.1, 0.15) is 30.0 Å². The Balaban J connectivity index is 1.89. The largest absolute Gasteiger partial charge is 0.468 e. The monoisotopic (exact) mass is 275 g/mol. The van der Waals surface area contributed by atoms with E-state index in [1.165, 1.54) is 5.56 Å². The van der Waals surface area contributed by atoms with Crippen molar-refractivity contribution in [2.45, 2.75) is 31.5 Å². The van der Waals surface area contributed by atoms with Crippen LogP contribution in [-0.2, 0) is 11.2 Å². The molecule has 0 bridgehead atoms. The molecule has 0 saturated carbocycles. The first-order valence-corrected chi connectivity index (χ1v) is 6.11. The number of fused-ring (bicyclic) bond motifs is 1. The smallest absolute Gasteiger partial charge is 0.411 e. The zero-order chi connectivity index (χ0) is 13.9. The van der Waals surface area contributed by atoms with Gasteiger partial charge in [0.05, 0.1) is 0 Å². The van der Waals surface area contributed by atoms with Gasteiger partial charge in [-0.25, -0.2) is 0 Å². The maximum atomic E-state index is 11.9. The van der Waals surface area contributed by atoms with Crippen LogP contribution in [-0.4, -0.2) is 19.6 Å². The van der Waals surface area contributed by atoms with Gasteiger partial charge in [-0.3, -0.25) is 0 Å². The maximum Gasteiger partial charge on any atom is 0.411 e. The van der Waals surface area contributed by atoms with E-state index in [4.69, 9.17) is 10.5 Å². The first kappa shape index (κ1) is 14.1. The number of ether oxygens (including phenoxy) is 2. The fourth-order valence-electron chi connectivity index (χ4n) is 2.17. The number of rotatable bonds is 4. The summed E-state index contributed by atoms with van der Waals surface area (Å²) in [7, 11) is 0. The lowest BCUT2D eigenvalue weighted by Gasteiger charge is -2.22. The Bertz CT molecular complexity index is 434. The Hall–Kier alpha value is -1.27. The van der Waals surface area contributed by atoms with E-state index in [1.807, 2.05) is 6.07 Å². The Morgan fingerprint density at radius 3 is 2.84 bits per heavy atom. The topological polar surface area (TPSA) is 44.5 Å². The summed E-state index contributed by atoms with van der Waals surface area (Å²) < 4.78 is 45.1. The fraction of sp³-hybridized carbons (Fsp3) is 0.538. The van der Waals surface area contributed by atoms with Gasteiger partial charge in [-0.1, -0.05) is 6.07 Å². The van der Waals surface area contributed by atoms with Crippen LogP contribution >= 0.6 is 0 Å². The van der Waals surface area contributed by atoms with Crippen molar-refractivity contribution in [1.29, 1.82) is 0 Å². The maximum absolute atomic E-state index is 11.9. The van der Waals surface area contributed by atoms with Gasteiger partial charge in [-0.05, 0) is 42.5 Å². The molecule has 1 aliphatic rings. The van der Waals surface area contributed by atoms with Gasteiger partial charge in [0.1, 0.15) is 12.4 Å². The van der Waals surface area contributed by atoms with Crippen LogP contribution in [0.3, 0.4) is 0 Å². The van der Waals surface area contributed by atoms with Gasteiger partial charge in [0.25, 0.3) is 0 Å². The van der Waals surface area contributed by atoms with Gasteiger partial charge in [0.15, 0.2) is 6.79 Å². The van der Waals surface area contributed by atoms with E-state index in [-0.39, 0.29) is 6.04 Å². The Labute approximate surface area is 109 Å². The standard InChI is InChI=1S/C13H16F3NO2/c14-13(15,16)7-18-8-19-10-5-4-9-2-1-3-12(17)11(9)6-10/h4-6,12H,1-3,7-8,17H2. The van der Waals surface area contributed by atoms with Crippen molar-refractivity contribution in [1.82, 2.24) is 0 Å². The molecule has 0 aromatic heterocycles. The van der Waals surface area contributed by atoms with Crippen LogP contribution in [0.25, 0.3) is 0 Å². The lowest BCUT2D eigenvalue weighted by molar-refractivity contribution is -0.186. The molecule has 1 aliphatic carbocycles. The van der Waals surface area contributed by atoms with Crippen LogP contribution in [0, 0.1) is 0 Å². The summed E-state index contributed by atoms with van der Waals surface area (Å²) in [6.45, 7) is -1.73. The van der Waals surface area contributed by atoms with Crippen LogP contribution in [0.15, 0.2) is 18.2 Å². The first-order valence-electron chi connectivity index (χ1n) is 6.11. The summed E-state index contributed by atoms with van der Waals surface area (Å²) in [5.41, 5.74) is 8.19. The van der Waals surface area contributed by atoms with E-state index in [9.17, 15) is 13.2 Å². The molecule has 1 aromatic carbocycles. The Morgan fingerprint density at radius 2 is 2.11 bits per heavy atom. The second-order valence-electron chi connectivity index (χ2n) is 4.59. The molecule has 2 N–H and O–H groups in total. The molecule has 106 valence electrons. The van der Waals surface area contributed by atoms with E-state index in [1.54, 1.807) is 12.1 Å². The van der Waals surface area contributed by atoms with Crippen LogP contribution in [0.5, 0.6) is 5.75 Å². The van der Waals surface area contributed by atoms with Crippen LogP contribution in [0.4, 0.5) is 13.2 Å². The van der Waals surface area contributed by atoms with Gasteiger partial charge in [-0.15, -0.1) is 0 Å². The van der Waals surface area contributed by atoms with Crippen molar-refractivity contribution in [2.75, 3.05) is 13.4 Å². The molecule has 0 heterocycles. The second kappa shape index (κ2) is 5.79. The summed E-state index contributed by atoms with van der Waals surface area (Å²) in [5.74, 6) is 0.485. The molecule has 0 saturated heterocycles. The van der Waals surface area contributed by atoms with E-state index in [0.717, 1.165) is 24.8 Å². The molecule has 0 radical (unpaired) electrons. The Morgan fingerprint density at radius 1 is 1.32 bits per heavy atom. The summed E-state index contributed by atoms with van der Waals surface area (Å²) >= 11 is 0. The molecule has 1 unspecified atom stereocenters. The summed E-state index contributed by atoms with van der Waals surface area (Å²) in [6, 6.07) is 5.40. The molecule has 0 fully saturated rings. The lowest BCUT2D eigenvalue weighted by Crippen LogP contribution is -2.19. The summed E-state index contributed by atoms with van der Waals surface area (Å²) in [6.07, 6.45) is -1.38. The predicted octanol–water partition coefficient (Wildman–Crippen LogP) is 2.94. The molecule has 0 spiro atoms. The predicted molar refractivity (Wildman–Crippen MR) is 63.8 cm³/mol. The number of alkyl halides is 3. The van der Waals surface area contributed by atoms with Gasteiger partial charge < -0.3 is 15.2 Å². The van der Waals surface area contributed by atoms with E-state index in [0.29, 0.717) is 5.75 Å². The number of aryl methyl sites for hydroxylation is 1. The highest BCUT2D eigenvalue weighted by atomic mass is 19.4. The third-order valence-corrected chi connectivity index (χ3v) is 3.05. The number of hydrogen-bond donors (Lipinski definition) is 1. The van der Waals surface area contributed by atoms with Gasteiger partial charge in [0.2, 0.25) is 0 Å². The van der Waals surface area contributed by atoms with Crippen molar-refractivity contribution in [3.05, 3.63) is 29.3 Å². The van der Waals surface area contributed by atoms with Crippen LogP contribution < -0.4 is 10.5 Å². The molecule has 19 heavy (non-hydrogen) atoms. The summed E-state index contributed by atoms with van der Waals surface area (Å²) in [5, 5.41) is 0. The number of hydrogen-bond acceptors (Lipinski definition) is 3. The van der Waals surface area contributed by atoms with Crippen molar-refractivity contribution in [2.24, 2.45) is 5.73 Å². The van der Waals surface area contributed by atoms with Gasteiger partial charge in [-0.2, -0.15) is 13.2 Å². The highest BCUT2D eigenvalue weighted by molar-refractivity contribution is 5.38. The minimum atomic E-state index is -4.33.